The number of nitrogens with one attached hydrogen (secondary N) is 1. The molecule has 0 spiro atoms. The van der Waals surface area contributed by atoms with Crippen molar-refractivity contribution < 1.29 is 8.42 Å². The number of benzene rings is 3. The van der Waals surface area contributed by atoms with E-state index >= 15 is 0 Å². The van der Waals surface area contributed by atoms with E-state index in [1.54, 1.807) is 30.3 Å². The van der Waals surface area contributed by atoms with Crippen LogP contribution in [0.4, 0.5) is 0 Å². The monoisotopic (exact) mass is 472 g/mol. The maximum absolute atomic E-state index is 13.0. The topological polar surface area (TPSA) is 51.1 Å². The van der Waals surface area contributed by atoms with Gasteiger partial charge in [-0.15, -0.1) is 0 Å². The van der Waals surface area contributed by atoms with Gasteiger partial charge in [-0.1, -0.05) is 53.5 Å². The van der Waals surface area contributed by atoms with Gasteiger partial charge in [0.1, 0.15) is 0 Å². The first-order valence-corrected chi connectivity index (χ1v) is 12.2. The summed E-state index contributed by atoms with van der Waals surface area (Å²) in [6, 6.07) is 23.2. The van der Waals surface area contributed by atoms with Crippen molar-refractivity contribution in [1.82, 2.24) is 9.29 Å². The van der Waals surface area contributed by atoms with Gasteiger partial charge in [0.25, 0.3) is 0 Å². The molecule has 0 fully saturated rings. The first-order chi connectivity index (χ1) is 14.8. The minimum Gasteiger partial charge on any atom is -0.342 e. The molecule has 0 aliphatic rings. The van der Waals surface area contributed by atoms with Crippen LogP contribution in [0.15, 0.2) is 90.0 Å². The van der Waals surface area contributed by atoms with Gasteiger partial charge < -0.3 is 4.57 Å². The van der Waals surface area contributed by atoms with Crippen LogP contribution in [-0.4, -0.2) is 19.0 Å². The minimum atomic E-state index is -3.66. The van der Waals surface area contributed by atoms with Crippen molar-refractivity contribution in [3.63, 3.8) is 0 Å². The zero-order valence-electron chi connectivity index (χ0n) is 16.9. The van der Waals surface area contributed by atoms with E-state index in [-0.39, 0.29) is 17.0 Å². The van der Waals surface area contributed by atoms with Crippen molar-refractivity contribution in [2.24, 2.45) is 0 Å². The van der Waals surface area contributed by atoms with E-state index in [2.05, 4.69) is 9.29 Å². The zero-order chi connectivity index (χ0) is 22.0. The molecule has 0 aliphatic heterocycles. The van der Waals surface area contributed by atoms with Crippen molar-refractivity contribution in [2.45, 2.75) is 30.3 Å². The van der Waals surface area contributed by atoms with Crippen LogP contribution in [0.3, 0.4) is 0 Å². The second-order valence-electron chi connectivity index (χ2n) is 7.55. The molecule has 0 aliphatic carbocycles. The highest BCUT2D eigenvalue weighted by molar-refractivity contribution is 7.89. The maximum Gasteiger partial charge on any atom is 0.240 e. The molecule has 160 valence electrons. The Morgan fingerprint density at radius 3 is 2.29 bits per heavy atom. The van der Waals surface area contributed by atoms with E-state index in [0.29, 0.717) is 16.5 Å². The fraction of sp³-hybridized carbons (Fsp3) is 0.167. The minimum absolute atomic E-state index is 0.168. The third-order valence-corrected chi connectivity index (χ3v) is 7.43. The van der Waals surface area contributed by atoms with Crippen molar-refractivity contribution >= 4 is 44.1 Å². The van der Waals surface area contributed by atoms with Crippen LogP contribution >= 0.6 is 23.2 Å². The summed E-state index contributed by atoms with van der Waals surface area (Å²) in [5, 5.41) is 2.34. The lowest BCUT2D eigenvalue weighted by Crippen LogP contribution is -2.40. The summed E-state index contributed by atoms with van der Waals surface area (Å²) in [6.07, 6.45) is 2.61. The predicted octanol–water partition coefficient (Wildman–Crippen LogP) is 6.10. The molecule has 0 saturated carbocycles. The van der Waals surface area contributed by atoms with Crippen LogP contribution in [0.1, 0.15) is 18.5 Å². The number of hydrogen-bond donors (Lipinski definition) is 1. The molecule has 2 atom stereocenters. The summed E-state index contributed by atoms with van der Waals surface area (Å²) in [5.41, 5.74) is 2.06. The van der Waals surface area contributed by atoms with Crippen LogP contribution in [0.2, 0.25) is 10.0 Å². The van der Waals surface area contributed by atoms with Crippen LogP contribution in [-0.2, 0) is 16.4 Å². The summed E-state index contributed by atoms with van der Waals surface area (Å²) in [4.78, 5) is 0.247. The Bertz CT molecular complexity index is 1290. The number of hydrogen-bond acceptors (Lipinski definition) is 2. The summed E-state index contributed by atoms with van der Waals surface area (Å²) >= 11 is 12.2. The second kappa shape index (κ2) is 9.05. The van der Waals surface area contributed by atoms with Crippen molar-refractivity contribution in [3.8, 4) is 0 Å². The third kappa shape index (κ3) is 4.96. The molecule has 1 N–H and O–H groups in total. The molecular formula is C24H22Cl2N2O2S. The number of halogens is 2. The normalized spacial score (nSPS) is 13.9. The van der Waals surface area contributed by atoms with Crippen LogP contribution in [0.25, 0.3) is 10.9 Å². The summed E-state index contributed by atoms with van der Waals surface area (Å²) < 4.78 is 30.9. The lowest BCUT2D eigenvalue weighted by molar-refractivity contribution is 0.410. The third-order valence-electron chi connectivity index (χ3n) is 5.37. The molecule has 1 aromatic heterocycles. The van der Waals surface area contributed by atoms with Gasteiger partial charge in [0.15, 0.2) is 0 Å². The molecule has 0 amide bonds. The van der Waals surface area contributed by atoms with Gasteiger partial charge in [0.05, 0.1) is 10.9 Å². The Morgan fingerprint density at radius 2 is 1.58 bits per heavy atom. The maximum atomic E-state index is 13.0. The number of sulfonamides is 1. The highest BCUT2D eigenvalue weighted by Crippen LogP contribution is 2.28. The van der Waals surface area contributed by atoms with Gasteiger partial charge in [-0.2, -0.15) is 0 Å². The first kappa shape index (κ1) is 21.9. The Labute approximate surface area is 192 Å². The Kier molecular flexibility index (Phi) is 6.39. The van der Waals surface area contributed by atoms with Crippen molar-refractivity contribution in [3.05, 3.63) is 101 Å². The second-order valence-corrected chi connectivity index (χ2v) is 10.1. The van der Waals surface area contributed by atoms with E-state index in [9.17, 15) is 8.42 Å². The molecular weight excluding hydrogens is 451 g/mol. The molecule has 0 bridgehead atoms. The van der Waals surface area contributed by atoms with Gasteiger partial charge in [0.2, 0.25) is 10.0 Å². The fourth-order valence-corrected chi connectivity index (χ4v) is 5.40. The van der Waals surface area contributed by atoms with Gasteiger partial charge in [-0.3, -0.25) is 0 Å². The molecule has 31 heavy (non-hydrogen) atoms. The lowest BCUT2D eigenvalue weighted by Gasteiger charge is -2.27. The number of nitrogens with zero attached hydrogens (tertiary/aromatic N) is 1. The van der Waals surface area contributed by atoms with Crippen molar-refractivity contribution in [1.29, 1.82) is 0 Å². The molecule has 3 aromatic carbocycles. The number of aromatic nitrogens is 1. The molecule has 4 aromatic rings. The quantitative estimate of drug-likeness (QED) is 0.353. The highest BCUT2D eigenvalue weighted by Gasteiger charge is 2.26. The van der Waals surface area contributed by atoms with Crippen LogP contribution < -0.4 is 4.72 Å². The molecule has 4 rings (SSSR count). The molecule has 7 heteroatoms. The van der Waals surface area contributed by atoms with Crippen molar-refractivity contribution in [2.75, 3.05) is 0 Å². The van der Waals surface area contributed by atoms with Gasteiger partial charge >= 0.3 is 0 Å². The van der Waals surface area contributed by atoms with E-state index in [1.807, 2.05) is 61.7 Å². The Morgan fingerprint density at radius 1 is 0.903 bits per heavy atom. The largest absolute Gasteiger partial charge is 0.342 e. The Balaban J connectivity index is 1.71. The average molecular weight is 473 g/mol. The average Bonchev–Trinajstić information content (AvgIpc) is 3.16. The van der Waals surface area contributed by atoms with Crippen LogP contribution in [0.5, 0.6) is 0 Å². The summed E-state index contributed by atoms with van der Waals surface area (Å²) in [7, 11) is -3.66. The SMILES string of the molecule is CC(NS(=O)(=O)c1ccccc1)C(Cc1ccc(Cl)cc1)n1ccc2cc(Cl)ccc21. The molecule has 2 unspecified atom stereocenters. The number of rotatable bonds is 7. The van der Waals surface area contributed by atoms with E-state index < -0.39 is 10.0 Å². The first-order valence-electron chi connectivity index (χ1n) is 9.91. The highest BCUT2D eigenvalue weighted by atomic mass is 35.5. The van der Waals surface area contributed by atoms with E-state index in [0.717, 1.165) is 16.5 Å². The fourth-order valence-electron chi connectivity index (χ4n) is 3.79. The van der Waals surface area contributed by atoms with E-state index in [1.165, 1.54) is 0 Å². The Hall–Kier alpha value is -2.31. The van der Waals surface area contributed by atoms with Gasteiger partial charge in [-0.25, -0.2) is 13.1 Å². The lowest BCUT2D eigenvalue weighted by atomic mass is 10.0. The predicted molar refractivity (Wildman–Crippen MR) is 127 cm³/mol. The smallest absolute Gasteiger partial charge is 0.240 e. The van der Waals surface area contributed by atoms with Gasteiger partial charge in [-0.05, 0) is 67.4 Å². The standard InChI is InChI=1S/C24H22Cl2N2O2S/c1-17(27-31(29,30)22-5-3-2-4-6-22)24(15-18-7-9-20(25)10-8-18)28-14-13-19-16-21(26)11-12-23(19)28/h2-14,16-17,24,27H,15H2,1H3. The zero-order valence-corrected chi connectivity index (χ0v) is 19.2. The molecule has 0 radical (unpaired) electrons. The molecule has 0 saturated heterocycles. The van der Waals surface area contributed by atoms with Crippen LogP contribution in [0, 0.1) is 0 Å². The summed E-state index contributed by atoms with van der Waals surface area (Å²) in [6.45, 7) is 1.89. The number of fused-ring (bicyclic) bond motifs is 1. The molecule has 1 heterocycles. The molecule has 4 nitrogen and oxygen atoms in total. The summed E-state index contributed by atoms with van der Waals surface area (Å²) in [5.74, 6) is 0. The van der Waals surface area contributed by atoms with E-state index in [4.69, 9.17) is 23.2 Å². The van der Waals surface area contributed by atoms with Gasteiger partial charge in [0, 0.05) is 33.2 Å².